The van der Waals surface area contributed by atoms with E-state index in [1.165, 1.54) is 12.1 Å². The summed E-state index contributed by atoms with van der Waals surface area (Å²) in [6, 6.07) is 6.86. The van der Waals surface area contributed by atoms with E-state index in [1.807, 2.05) is 32.9 Å². The van der Waals surface area contributed by atoms with E-state index in [0.717, 1.165) is 31.6 Å². The Morgan fingerprint density at radius 3 is 2.48 bits per heavy atom. The van der Waals surface area contributed by atoms with Crippen LogP contribution in [0.3, 0.4) is 0 Å². The Kier molecular flexibility index (Phi) is 13.7. The van der Waals surface area contributed by atoms with Gasteiger partial charge in [0.05, 0.1) is 25.8 Å². The van der Waals surface area contributed by atoms with Gasteiger partial charge in [-0.05, 0) is 38.0 Å². The van der Waals surface area contributed by atoms with Crippen LogP contribution in [0.1, 0.15) is 45.2 Å². The summed E-state index contributed by atoms with van der Waals surface area (Å²) in [5, 5.41) is 9.43. The van der Waals surface area contributed by atoms with Gasteiger partial charge in [-0.1, -0.05) is 19.1 Å². The third kappa shape index (κ3) is 10.1. The second-order valence-corrected chi connectivity index (χ2v) is 7.49. The van der Waals surface area contributed by atoms with E-state index in [4.69, 9.17) is 9.73 Å². The number of aliphatic imine (C=N–C) groups is 1. The largest absolute Gasteiger partial charge is 0.379 e. The molecule has 3 N–H and O–H groups in total. The van der Waals surface area contributed by atoms with Crippen LogP contribution in [0, 0.1) is 5.82 Å². The summed E-state index contributed by atoms with van der Waals surface area (Å²) in [5.41, 5.74) is 1.03. The van der Waals surface area contributed by atoms with E-state index >= 15 is 0 Å². The number of hydrogen-bond acceptors (Lipinski definition) is 4. The maximum Gasteiger partial charge on any atom is 0.221 e. The number of morpholine rings is 1. The summed E-state index contributed by atoms with van der Waals surface area (Å²) in [6.07, 6.45) is 1.30. The number of amides is 1. The average molecular weight is 549 g/mol. The third-order valence-corrected chi connectivity index (χ3v) is 5.17. The van der Waals surface area contributed by atoms with Crippen molar-refractivity contribution < 1.29 is 13.9 Å². The first-order valence-corrected chi connectivity index (χ1v) is 10.9. The summed E-state index contributed by atoms with van der Waals surface area (Å²) in [6.45, 7) is 10.8. The molecule has 0 aromatic heterocycles. The lowest BCUT2D eigenvalue weighted by Gasteiger charge is -2.34. The molecule has 2 unspecified atom stereocenters. The van der Waals surface area contributed by atoms with Crippen molar-refractivity contribution in [1.29, 1.82) is 0 Å². The second kappa shape index (κ2) is 15.4. The maximum atomic E-state index is 13.4. The number of guanidine groups is 1. The molecule has 1 saturated heterocycles. The van der Waals surface area contributed by atoms with Crippen molar-refractivity contribution in [2.24, 2.45) is 4.99 Å². The SMILES string of the molecule is CCNC(=NCC(c1ccc(F)cc1)N1CCOCC1)NCCC(=O)NC(C)CC.I. The molecule has 0 bridgehead atoms. The van der Waals surface area contributed by atoms with Crippen LogP contribution in [0.4, 0.5) is 4.39 Å². The fourth-order valence-electron chi connectivity index (χ4n) is 3.27. The van der Waals surface area contributed by atoms with Crippen molar-refractivity contribution in [2.45, 2.75) is 45.7 Å². The van der Waals surface area contributed by atoms with Gasteiger partial charge >= 0.3 is 0 Å². The fraction of sp³-hybridized carbons (Fsp3) is 0.636. The van der Waals surface area contributed by atoms with Crippen LogP contribution in [0.2, 0.25) is 0 Å². The zero-order valence-electron chi connectivity index (χ0n) is 18.8. The standard InChI is InChI=1S/C22H36FN5O2.HI/c1-4-17(3)27-21(29)10-11-25-22(24-5-2)26-16-20(28-12-14-30-15-13-28)18-6-8-19(23)9-7-18;/h6-9,17,20H,4-5,10-16H2,1-3H3,(H,27,29)(H2,24,25,26);1H. The number of hydrogen-bond donors (Lipinski definition) is 3. The number of nitrogens with one attached hydrogen (secondary N) is 3. The molecule has 0 saturated carbocycles. The number of ether oxygens (including phenoxy) is 1. The van der Waals surface area contributed by atoms with Crippen LogP contribution in [0.5, 0.6) is 0 Å². The van der Waals surface area contributed by atoms with Crippen LogP contribution in [0.25, 0.3) is 0 Å². The molecule has 2 rings (SSSR count). The molecular weight excluding hydrogens is 512 g/mol. The Morgan fingerprint density at radius 2 is 1.87 bits per heavy atom. The highest BCUT2D eigenvalue weighted by molar-refractivity contribution is 14.0. The first kappa shape index (κ1) is 27.6. The number of carbonyl (C=O) groups is 1. The highest BCUT2D eigenvalue weighted by Gasteiger charge is 2.22. The van der Waals surface area contributed by atoms with Crippen molar-refractivity contribution in [3.63, 3.8) is 0 Å². The van der Waals surface area contributed by atoms with Gasteiger partial charge in [0.25, 0.3) is 0 Å². The zero-order valence-corrected chi connectivity index (χ0v) is 21.2. The summed E-state index contributed by atoms with van der Waals surface area (Å²) < 4.78 is 18.9. The minimum Gasteiger partial charge on any atom is -0.379 e. The summed E-state index contributed by atoms with van der Waals surface area (Å²) in [7, 11) is 0. The lowest BCUT2D eigenvalue weighted by atomic mass is 10.0. The average Bonchev–Trinajstić information content (AvgIpc) is 2.75. The van der Waals surface area contributed by atoms with Crippen LogP contribution in [0.15, 0.2) is 29.3 Å². The summed E-state index contributed by atoms with van der Waals surface area (Å²) >= 11 is 0. The van der Waals surface area contributed by atoms with Crippen LogP contribution in [-0.4, -0.2) is 68.7 Å². The van der Waals surface area contributed by atoms with Crippen molar-refractivity contribution in [2.75, 3.05) is 45.9 Å². The minimum atomic E-state index is -0.242. The van der Waals surface area contributed by atoms with E-state index in [0.29, 0.717) is 38.7 Å². The summed E-state index contributed by atoms with van der Waals surface area (Å²) in [4.78, 5) is 19.0. The molecular formula is C22H37FIN5O2. The van der Waals surface area contributed by atoms with Gasteiger partial charge in [-0.15, -0.1) is 24.0 Å². The van der Waals surface area contributed by atoms with Gasteiger partial charge in [-0.3, -0.25) is 14.7 Å². The molecule has 1 fully saturated rings. The highest BCUT2D eigenvalue weighted by atomic mass is 127. The Balaban J connectivity index is 0.00000480. The molecule has 1 aromatic rings. The fourth-order valence-corrected chi connectivity index (χ4v) is 3.27. The second-order valence-electron chi connectivity index (χ2n) is 7.49. The predicted molar refractivity (Wildman–Crippen MR) is 133 cm³/mol. The lowest BCUT2D eigenvalue weighted by molar-refractivity contribution is -0.121. The topological polar surface area (TPSA) is 78.0 Å². The highest BCUT2D eigenvalue weighted by Crippen LogP contribution is 2.22. The molecule has 1 heterocycles. The third-order valence-electron chi connectivity index (χ3n) is 5.17. The number of rotatable bonds is 10. The molecule has 0 radical (unpaired) electrons. The minimum absolute atomic E-state index is 0. The smallest absolute Gasteiger partial charge is 0.221 e. The Labute approximate surface area is 202 Å². The van der Waals surface area contributed by atoms with Gasteiger partial charge in [-0.25, -0.2) is 4.39 Å². The molecule has 1 aliphatic heterocycles. The molecule has 7 nitrogen and oxygen atoms in total. The van der Waals surface area contributed by atoms with Crippen molar-refractivity contribution in [3.05, 3.63) is 35.6 Å². The van der Waals surface area contributed by atoms with Crippen LogP contribution >= 0.6 is 24.0 Å². The van der Waals surface area contributed by atoms with Crippen molar-refractivity contribution in [1.82, 2.24) is 20.9 Å². The molecule has 31 heavy (non-hydrogen) atoms. The Hall–Kier alpha value is -1.46. The van der Waals surface area contributed by atoms with Crippen LogP contribution in [-0.2, 0) is 9.53 Å². The van der Waals surface area contributed by atoms with E-state index in [9.17, 15) is 9.18 Å². The van der Waals surface area contributed by atoms with Gasteiger partial charge in [0.15, 0.2) is 5.96 Å². The predicted octanol–water partition coefficient (Wildman–Crippen LogP) is 2.68. The number of nitrogens with zero attached hydrogens (tertiary/aromatic N) is 2. The van der Waals surface area contributed by atoms with E-state index < -0.39 is 0 Å². The van der Waals surface area contributed by atoms with Crippen LogP contribution < -0.4 is 16.0 Å². The summed E-state index contributed by atoms with van der Waals surface area (Å²) in [5.74, 6) is 0.466. The molecule has 9 heteroatoms. The van der Waals surface area contributed by atoms with Gasteiger partial charge < -0.3 is 20.7 Å². The van der Waals surface area contributed by atoms with E-state index in [1.54, 1.807) is 0 Å². The number of benzene rings is 1. The normalized spacial score (nSPS) is 16.7. The van der Waals surface area contributed by atoms with Gasteiger partial charge in [0.1, 0.15) is 5.82 Å². The van der Waals surface area contributed by atoms with Gasteiger partial charge in [0, 0.05) is 38.6 Å². The van der Waals surface area contributed by atoms with Gasteiger partial charge in [-0.2, -0.15) is 0 Å². The molecule has 176 valence electrons. The van der Waals surface area contributed by atoms with Crippen molar-refractivity contribution in [3.8, 4) is 0 Å². The Bertz CT molecular complexity index is 668. The van der Waals surface area contributed by atoms with E-state index in [2.05, 4.69) is 20.9 Å². The lowest BCUT2D eigenvalue weighted by Crippen LogP contribution is -2.42. The quantitative estimate of drug-likeness (QED) is 0.238. The molecule has 0 spiro atoms. The molecule has 0 aliphatic carbocycles. The molecule has 1 amide bonds. The molecule has 1 aliphatic rings. The number of halogens is 2. The number of carbonyl (C=O) groups excluding carboxylic acids is 1. The molecule has 1 aromatic carbocycles. The Morgan fingerprint density at radius 1 is 1.19 bits per heavy atom. The van der Waals surface area contributed by atoms with Crippen molar-refractivity contribution >= 4 is 35.8 Å². The van der Waals surface area contributed by atoms with Gasteiger partial charge in [0.2, 0.25) is 5.91 Å². The molecule has 2 atom stereocenters. The zero-order chi connectivity index (χ0) is 21.8. The first-order valence-electron chi connectivity index (χ1n) is 10.9. The van der Waals surface area contributed by atoms with E-state index in [-0.39, 0.29) is 47.8 Å². The monoisotopic (exact) mass is 549 g/mol. The maximum absolute atomic E-state index is 13.4. The first-order chi connectivity index (χ1) is 14.5.